The summed E-state index contributed by atoms with van der Waals surface area (Å²) in [4.78, 5) is 14.6. The number of hydrogen-bond acceptors (Lipinski definition) is 3. The summed E-state index contributed by atoms with van der Waals surface area (Å²) in [6.45, 7) is 6.18. The zero-order chi connectivity index (χ0) is 11.9. The standard InChI is InChI=1S/C11H13N3O2/c1-11(2,3)9-7-13-6-8(14(15)16)4-5-10(13)12-9/h4-7H,1-3H3. The van der Waals surface area contributed by atoms with E-state index in [2.05, 4.69) is 25.8 Å². The Kier molecular flexibility index (Phi) is 2.18. The first-order valence-electron chi connectivity index (χ1n) is 5.01. The Hall–Kier alpha value is -1.91. The van der Waals surface area contributed by atoms with Gasteiger partial charge in [0.15, 0.2) is 0 Å². The molecular formula is C11H13N3O2. The molecule has 0 saturated carbocycles. The van der Waals surface area contributed by atoms with Crippen LogP contribution < -0.4 is 0 Å². The minimum absolute atomic E-state index is 0.0548. The first-order chi connectivity index (χ1) is 7.38. The predicted molar refractivity (Wildman–Crippen MR) is 60.5 cm³/mol. The van der Waals surface area contributed by atoms with Crippen molar-refractivity contribution >= 4 is 11.3 Å². The molecule has 2 aromatic heterocycles. The van der Waals surface area contributed by atoms with Gasteiger partial charge in [0.05, 0.1) is 16.8 Å². The van der Waals surface area contributed by atoms with Crippen LogP contribution in [0.4, 0.5) is 5.69 Å². The average Bonchev–Trinajstić information content (AvgIpc) is 2.58. The molecule has 84 valence electrons. The lowest BCUT2D eigenvalue weighted by Crippen LogP contribution is -2.11. The molecule has 0 aliphatic heterocycles. The number of rotatable bonds is 1. The van der Waals surface area contributed by atoms with Gasteiger partial charge in [-0.05, 0) is 6.07 Å². The van der Waals surface area contributed by atoms with Crippen LogP contribution in [0.5, 0.6) is 0 Å². The van der Waals surface area contributed by atoms with Crippen molar-refractivity contribution in [1.82, 2.24) is 9.38 Å². The second kappa shape index (κ2) is 3.30. The molecule has 0 N–H and O–H groups in total. The Bertz CT molecular complexity index is 552. The second-order valence-corrected chi connectivity index (χ2v) is 4.79. The number of pyridine rings is 1. The van der Waals surface area contributed by atoms with E-state index in [9.17, 15) is 10.1 Å². The zero-order valence-electron chi connectivity index (χ0n) is 9.47. The van der Waals surface area contributed by atoms with Crippen molar-refractivity contribution in [3.05, 3.63) is 40.3 Å². The molecule has 0 spiro atoms. The molecule has 0 atom stereocenters. The van der Waals surface area contributed by atoms with Crippen LogP contribution in [0.15, 0.2) is 24.5 Å². The van der Waals surface area contributed by atoms with Crippen LogP contribution in [-0.2, 0) is 5.41 Å². The molecule has 0 fully saturated rings. The fraction of sp³-hybridized carbons (Fsp3) is 0.364. The Balaban J connectivity index is 2.59. The lowest BCUT2D eigenvalue weighted by atomic mass is 9.93. The van der Waals surface area contributed by atoms with Crippen molar-refractivity contribution in [1.29, 1.82) is 0 Å². The van der Waals surface area contributed by atoms with Gasteiger partial charge in [0, 0.05) is 17.7 Å². The van der Waals surface area contributed by atoms with Gasteiger partial charge >= 0.3 is 0 Å². The van der Waals surface area contributed by atoms with E-state index in [-0.39, 0.29) is 11.1 Å². The summed E-state index contributed by atoms with van der Waals surface area (Å²) < 4.78 is 1.69. The molecular weight excluding hydrogens is 206 g/mol. The first-order valence-corrected chi connectivity index (χ1v) is 5.01. The average molecular weight is 219 g/mol. The summed E-state index contributed by atoms with van der Waals surface area (Å²) in [5.41, 5.74) is 1.68. The summed E-state index contributed by atoms with van der Waals surface area (Å²) in [7, 11) is 0. The van der Waals surface area contributed by atoms with E-state index in [0.29, 0.717) is 0 Å². The normalized spacial score (nSPS) is 11.9. The van der Waals surface area contributed by atoms with Gasteiger partial charge < -0.3 is 0 Å². The van der Waals surface area contributed by atoms with E-state index in [1.807, 2.05) is 6.20 Å². The van der Waals surface area contributed by atoms with Crippen molar-refractivity contribution in [3.8, 4) is 0 Å². The number of hydrogen-bond donors (Lipinski definition) is 0. The number of aromatic nitrogens is 2. The van der Waals surface area contributed by atoms with Crippen LogP contribution in [0.25, 0.3) is 5.65 Å². The van der Waals surface area contributed by atoms with Crippen molar-refractivity contribution in [2.75, 3.05) is 0 Å². The predicted octanol–water partition coefficient (Wildman–Crippen LogP) is 2.54. The summed E-state index contributed by atoms with van der Waals surface area (Å²) in [5.74, 6) is 0. The highest BCUT2D eigenvalue weighted by atomic mass is 16.6. The van der Waals surface area contributed by atoms with Crippen LogP contribution >= 0.6 is 0 Å². The third kappa shape index (κ3) is 1.76. The van der Waals surface area contributed by atoms with Gasteiger partial charge in [0.1, 0.15) is 5.65 Å². The summed E-state index contributed by atoms with van der Waals surface area (Å²) >= 11 is 0. The minimum atomic E-state index is -0.407. The van der Waals surface area contributed by atoms with Crippen molar-refractivity contribution in [2.24, 2.45) is 0 Å². The van der Waals surface area contributed by atoms with Crippen LogP contribution in [-0.4, -0.2) is 14.3 Å². The van der Waals surface area contributed by atoms with Gasteiger partial charge in [-0.1, -0.05) is 20.8 Å². The number of fused-ring (bicyclic) bond motifs is 1. The number of nitrogens with zero attached hydrogens (tertiary/aromatic N) is 3. The molecule has 2 aromatic rings. The Labute approximate surface area is 92.9 Å². The molecule has 5 nitrogen and oxygen atoms in total. The Morgan fingerprint density at radius 1 is 1.31 bits per heavy atom. The lowest BCUT2D eigenvalue weighted by molar-refractivity contribution is -0.385. The molecule has 5 heteroatoms. The molecule has 0 aromatic carbocycles. The van der Waals surface area contributed by atoms with E-state index in [4.69, 9.17) is 0 Å². The molecule has 0 radical (unpaired) electrons. The molecule has 0 unspecified atom stereocenters. The molecule has 0 aliphatic carbocycles. The molecule has 0 bridgehead atoms. The maximum atomic E-state index is 10.6. The number of imidazole rings is 1. The first kappa shape index (κ1) is 10.6. The molecule has 0 saturated heterocycles. The van der Waals surface area contributed by atoms with Gasteiger partial charge in [-0.15, -0.1) is 0 Å². The van der Waals surface area contributed by atoms with Crippen LogP contribution in [0.2, 0.25) is 0 Å². The maximum absolute atomic E-state index is 10.6. The van der Waals surface area contributed by atoms with Gasteiger partial charge in [0.2, 0.25) is 0 Å². The van der Waals surface area contributed by atoms with Crippen molar-refractivity contribution < 1.29 is 4.92 Å². The second-order valence-electron chi connectivity index (χ2n) is 4.79. The molecule has 16 heavy (non-hydrogen) atoms. The van der Waals surface area contributed by atoms with E-state index >= 15 is 0 Å². The fourth-order valence-electron chi connectivity index (χ4n) is 1.45. The van der Waals surface area contributed by atoms with E-state index < -0.39 is 4.92 Å². The van der Waals surface area contributed by atoms with Gasteiger partial charge in [-0.3, -0.25) is 14.5 Å². The highest BCUT2D eigenvalue weighted by Crippen LogP contribution is 2.22. The van der Waals surface area contributed by atoms with E-state index in [0.717, 1.165) is 11.3 Å². The van der Waals surface area contributed by atoms with Crippen molar-refractivity contribution in [3.63, 3.8) is 0 Å². The smallest absolute Gasteiger partial charge is 0.286 e. The summed E-state index contributed by atoms with van der Waals surface area (Å²) in [5, 5.41) is 10.6. The van der Waals surface area contributed by atoms with E-state index in [1.54, 1.807) is 10.5 Å². The third-order valence-electron chi connectivity index (χ3n) is 2.41. The summed E-state index contributed by atoms with van der Waals surface area (Å²) in [6, 6.07) is 3.13. The zero-order valence-corrected chi connectivity index (χ0v) is 9.47. The van der Waals surface area contributed by atoms with Gasteiger partial charge in [0.25, 0.3) is 5.69 Å². The molecule has 0 amide bonds. The Morgan fingerprint density at radius 2 is 2.00 bits per heavy atom. The van der Waals surface area contributed by atoms with Gasteiger partial charge in [-0.25, -0.2) is 4.98 Å². The van der Waals surface area contributed by atoms with Crippen LogP contribution in [0.1, 0.15) is 26.5 Å². The highest BCUT2D eigenvalue weighted by Gasteiger charge is 2.18. The minimum Gasteiger partial charge on any atom is -0.300 e. The SMILES string of the molecule is CC(C)(C)c1cn2cc([N+](=O)[O-])ccc2n1. The molecule has 0 aliphatic rings. The largest absolute Gasteiger partial charge is 0.300 e. The highest BCUT2D eigenvalue weighted by molar-refractivity contribution is 5.46. The van der Waals surface area contributed by atoms with E-state index in [1.165, 1.54) is 12.3 Å². The fourth-order valence-corrected chi connectivity index (χ4v) is 1.45. The molecule has 2 rings (SSSR count). The topological polar surface area (TPSA) is 60.4 Å². The number of nitro groups is 1. The summed E-state index contributed by atoms with van der Waals surface area (Å²) in [6.07, 6.45) is 3.32. The van der Waals surface area contributed by atoms with Gasteiger partial charge in [-0.2, -0.15) is 0 Å². The van der Waals surface area contributed by atoms with Crippen LogP contribution in [0.3, 0.4) is 0 Å². The monoisotopic (exact) mass is 219 g/mol. The van der Waals surface area contributed by atoms with Crippen molar-refractivity contribution in [2.45, 2.75) is 26.2 Å². The molecule has 2 heterocycles. The third-order valence-corrected chi connectivity index (χ3v) is 2.41. The Morgan fingerprint density at radius 3 is 2.56 bits per heavy atom. The van der Waals surface area contributed by atoms with Crippen LogP contribution in [0, 0.1) is 10.1 Å². The maximum Gasteiger partial charge on any atom is 0.286 e. The quantitative estimate of drug-likeness (QED) is 0.547. The lowest BCUT2D eigenvalue weighted by Gasteiger charge is -2.13.